The fourth-order valence-corrected chi connectivity index (χ4v) is 3.38. The summed E-state index contributed by atoms with van der Waals surface area (Å²) < 4.78 is 11.2. The van der Waals surface area contributed by atoms with Gasteiger partial charge in [-0.1, -0.05) is 91.0 Å². The van der Waals surface area contributed by atoms with Crippen molar-refractivity contribution >= 4 is 11.9 Å². The van der Waals surface area contributed by atoms with Crippen molar-refractivity contribution in [1.29, 1.82) is 0 Å². The fraction of sp³-hybridized carbons (Fsp3) is 0.200. The number of rotatable bonds is 9. The Morgan fingerprint density at radius 2 is 1.20 bits per heavy atom. The van der Waals surface area contributed by atoms with Crippen molar-refractivity contribution in [2.75, 3.05) is 19.8 Å². The van der Waals surface area contributed by atoms with Gasteiger partial charge in [0.15, 0.2) is 0 Å². The van der Waals surface area contributed by atoms with Crippen LogP contribution in [0, 0.1) is 0 Å². The van der Waals surface area contributed by atoms with E-state index in [0.29, 0.717) is 0 Å². The molecule has 0 heterocycles. The average Bonchev–Trinajstić information content (AvgIpc) is 2.80. The van der Waals surface area contributed by atoms with E-state index in [-0.39, 0.29) is 19.8 Å². The molecular formula is C25H25NO4. The molecule has 0 aliphatic heterocycles. The van der Waals surface area contributed by atoms with E-state index >= 15 is 0 Å². The number of hydrogen-bond acceptors (Lipinski definition) is 4. The van der Waals surface area contributed by atoms with E-state index in [1.165, 1.54) is 0 Å². The molecule has 0 aromatic heterocycles. The van der Waals surface area contributed by atoms with Crippen LogP contribution in [-0.4, -0.2) is 31.6 Å². The van der Waals surface area contributed by atoms with E-state index in [9.17, 15) is 9.59 Å². The van der Waals surface area contributed by atoms with Gasteiger partial charge in [-0.05, 0) is 23.6 Å². The van der Waals surface area contributed by atoms with Gasteiger partial charge in [-0.25, -0.2) is 0 Å². The molecule has 5 heteroatoms. The molecule has 3 aromatic rings. The highest BCUT2D eigenvalue weighted by Crippen LogP contribution is 2.40. The lowest BCUT2D eigenvalue weighted by molar-refractivity contribution is -0.144. The number of carbonyl (C=O) groups excluding carboxylic acids is 2. The predicted octanol–water partition coefficient (Wildman–Crippen LogP) is 3.67. The standard InChI is InChI=1S/C25H25NO4/c1-2-29-24(28)18-26-23(27)19-30-25(20-12-6-3-7-13-20,21-14-8-4-9-15-21)22-16-10-5-11-17-22/h3-17H,2,18-19H2,1H3,(H,26,27). The minimum absolute atomic E-state index is 0.189. The van der Waals surface area contributed by atoms with Crippen molar-refractivity contribution < 1.29 is 19.1 Å². The summed E-state index contributed by atoms with van der Waals surface area (Å²) in [6.07, 6.45) is 0. The number of benzene rings is 3. The van der Waals surface area contributed by atoms with Crippen molar-refractivity contribution in [1.82, 2.24) is 5.32 Å². The Balaban J connectivity index is 1.95. The molecule has 3 rings (SSSR count). The van der Waals surface area contributed by atoms with Gasteiger partial charge < -0.3 is 14.8 Å². The average molecular weight is 403 g/mol. The Labute approximate surface area is 176 Å². The number of hydrogen-bond donors (Lipinski definition) is 1. The third-order valence-electron chi connectivity index (χ3n) is 4.70. The van der Waals surface area contributed by atoms with Gasteiger partial charge in [0.2, 0.25) is 5.91 Å². The monoisotopic (exact) mass is 403 g/mol. The second kappa shape index (κ2) is 10.4. The van der Waals surface area contributed by atoms with Crippen molar-refractivity contribution in [3.8, 4) is 0 Å². The van der Waals surface area contributed by atoms with E-state index in [1.54, 1.807) is 6.92 Å². The molecular weight excluding hydrogens is 378 g/mol. The summed E-state index contributed by atoms with van der Waals surface area (Å²) in [5, 5.41) is 2.56. The van der Waals surface area contributed by atoms with Crippen molar-refractivity contribution in [2.24, 2.45) is 0 Å². The van der Waals surface area contributed by atoms with Crippen LogP contribution >= 0.6 is 0 Å². The third kappa shape index (κ3) is 4.93. The van der Waals surface area contributed by atoms with Gasteiger partial charge in [-0.3, -0.25) is 9.59 Å². The molecule has 1 N–H and O–H groups in total. The summed E-state index contributed by atoms with van der Waals surface area (Å²) >= 11 is 0. The quantitative estimate of drug-likeness (QED) is 0.437. The number of ether oxygens (including phenoxy) is 2. The molecule has 0 saturated carbocycles. The fourth-order valence-electron chi connectivity index (χ4n) is 3.38. The summed E-state index contributed by atoms with van der Waals surface area (Å²) in [6, 6.07) is 29.4. The first-order chi connectivity index (χ1) is 14.7. The molecule has 0 radical (unpaired) electrons. The van der Waals surface area contributed by atoms with E-state index < -0.39 is 17.5 Å². The minimum atomic E-state index is -0.981. The van der Waals surface area contributed by atoms with Crippen LogP contribution in [0.3, 0.4) is 0 Å². The number of nitrogens with one attached hydrogen (secondary N) is 1. The Morgan fingerprint density at radius 3 is 1.60 bits per heavy atom. The van der Waals surface area contributed by atoms with Gasteiger partial charge in [-0.2, -0.15) is 0 Å². The van der Waals surface area contributed by atoms with Gasteiger partial charge >= 0.3 is 5.97 Å². The van der Waals surface area contributed by atoms with Gasteiger partial charge in [0, 0.05) is 0 Å². The highest BCUT2D eigenvalue weighted by Gasteiger charge is 2.38. The minimum Gasteiger partial charge on any atom is -0.465 e. The van der Waals surface area contributed by atoms with E-state index in [2.05, 4.69) is 5.32 Å². The van der Waals surface area contributed by atoms with Crippen LogP contribution < -0.4 is 5.32 Å². The van der Waals surface area contributed by atoms with Gasteiger partial charge in [0.05, 0.1) is 6.61 Å². The van der Waals surface area contributed by atoms with E-state index in [1.807, 2.05) is 91.0 Å². The lowest BCUT2D eigenvalue weighted by atomic mass is 9.80. The SMILES string of the molecule is CCOC(=O)CNC(=O)COC(c1ccccc1)(c1ccccc1)c1ccccc1. The molecule has 0 fully saturated rings. The third-order valence-corrected chi connectivity index (χ3v) is 4.70. The van der Waals surface area contributed by atoms with Gasteiger partial charge in [-0.15, -0.1) is 0 Å². The van der Waals surface area contributed by atoms with E-state index in [4.69, 9.17) is 9.47 Å². The van der Waals surface area contributed by atoms with Gasteiger partial charge in [0.25, 0.3) is 0 Å². The number of carbonyl (C=O) groups is 2. The summed E-state index contributed by atoms with van der Waals surface area (Å²) in [4.78, 5) is 24.0. The maximum atomic E-state index is 12.4. The van der Waals surface area contributed by atoms with Crippen molar-refractivity contribution in [3.63, 3.8) is 0 Å². The van der Waals surface area contributed by atoms with Crippen LogP contribution in [0.5, 0.6) is 0 Å². The van der Waals surface area contributed by atoms with Crippen molar-refractivity contribution in [2.45, 2.75) is 12.5 Å². The number of amides is 1. The molecule has 0 unspecified atom stereocenters. The first-order valence-electron chi connectivity index (χ1n) is 9.89. The molecule has 0 aliphatic carbocycles. The molecule has 5 nitrogen and oxygen atoms in total. The zero-order valence-electron chi connectivity index (χ0n) is 16.9. The normalized spacial score (nSPS) is 11.0. The predicted molar refractivity (Wildman–Crippen MR) is 115 cm³/mol. The van der Waals surface area contributed by atoms with Crippen LogP contribution in [0.1, 0.15) is 23.6 Å². The topological polar surface area (TPSA) is 64.6 Å². The van der Waals surface area contributed by atoms with Crippen LogP contribution in [-0.2, 0) is 24.7 Å². The summed E-state index contributed by atoms with van der Waals surface area (Å²) in [6.45, 7) is 1.57. The lowest BCUT2D eigenvalue weighted by Gasteiger charge is -2.35. The first-order valence-corrected chi connectivity index (χ1v) is 9.89. The van der Waals surface area contributed by atoms with Crippen LogP contribution in [0.15, 0.2) is 91.0 Å². The molecule has 3 aromatic carbocycles. The molecule has 0 atom stereocenters. The lowest BCUT2D eigenvalue weighted by Crippen LogP contribution is -2.39. The molecule has 0 saturated heterocycles. The second-order valence-corrected chi connectivity index (χ2v) is 6.65. The second-order valence-electron chi connectivity index (χ2n) is 6.65. The summed E-state index contributed by atoms with van der Waals surface area (Å²) in [5.74, 6) is -0.874. The Hall–Kier alpha value is -3.44. The largest absolute Gasteiger partial charge is 0.465 e. The van der Waals surface area contributed by atoms with Crippen molar-refractivity contribution in [3.05, 3.63) is 108 Å². The maximum Gasteiger partial charge on any atom is 0.325 e. The highest BCUT2D eigenvalue weighted by atomic mass is 16.5. The van der Waals surface area contributed by atoms with Crippen LogP contribution in [0.25, 0.3) is 0 Å². The van der Waals surface area contributed by atoms with Gasteiger partial charge in [0.1, 0.15) is 18.8 Å². The molecule has 154 valence electrons. The summed E-state index contributed by atoms with van der Waals surface area (Å²) in [7, 11) is 0. The smallest absolute Gasteiger partial charge is 0.325 e. The molecule has 0 bridgehead atoms. The molecule has 0 aliphatic rings. The molecule has 1 amide bonds. The molecule has 0 spiro atoms. The maximum absolute atomic E-state index is 12.4. The first kappa shape index (κ1) is 21.3. The Kier molecular flexibility index (Phi) is 7.35. The number of esters is 1. The summed E-state index contributed by atoms with van der Waals surface area (Å²) in [5.41, 5.74) is 1.73. The Bertz CT molecular complexity index is 846. The van der Waals surface area contributed by atoms with Crippen LogP contribution in [0.2, 0.25) is 0 Å². The van der Waals surface area contributed by atoms with Crippen LogP contribution in [0.4, 0.5) is 0 Å². The Morgan fingerprint density at radius 1 is 0.767 bits per heavy atom. The molecule has 30 heavy (non-hydrogen) atoms. The zero-order chi connectivity index (χ0) is 21.2. The zero-order valence-corrected chi connectivity index (χ0v) is 16.9. The highest BCUT2D eigenvalue weighted by molar-refractivity contribution is 5.82. The van der Waals surface area contributed by atoms with E-state index in [0.717, 1.165) is 16.7 Å².